The second kappa shape index (κ2) is 19.0. The average molecular weight is 610 g/mol. The molecule has 1 heterocycles. The molecule has 0 N–H and O–H groups in total. The standard InChI is InChI=1S/C35H51N3O4S/c1-5-6-7-8-9-10-11-12-13-14-18-21-32(43(39)30-24-22-28(2)23-25-30)34-33(41-35(3,4)42-34)31(37-38-36)27-40-26-29-19-16-15-17-20-29/h14-20,22-25,31-34H,5-13,21,26-27H2,1-4H3/b18-14+/t31-,32?,33-,34-,43?/m1/s1. The lowest BCUT2D eigenvalue weighted by molar-refractivity contribution is -0.149. The van der Waals surface area contributed by atoms with Crippen LogP contribution < -0.4 is 0 Å². The summed E-state index contributed by atoms with van der Waals surface area (Å²) in [6, 6.07) is 17.0. The van der Waals surface area contributed by atoms with Gasteiger partial charge in [0.1, 0.15) is 6.10 Å². The van der Waals surface area contributed by atoms with Gasteiger partial charge in [0.25, 0.3) is 0 Å². The third-order valence-electron chi connectivity index (χ3n) is 7.80. The molecule has 236 valence electrons. The first-order valence-corrected chi connectivity index (χ1v) is 17.2. The Morgan fingerprint density at radius 2 is 1.60 bits per heavy atom. The van der Waals surface area contributed by atoms with E-state index in [1.54, 1.807) is 0 Å². The summed E-state index contributed by atoms with van der Waals surface area (Å²) in [5.41, 5.74) is 11.6. The first kappa shape index (κ1) is 35.0. The van der Waals surface area contributed by atoms with Crippen LogP contribution in [0.4, 0.5) is 0 Å². The van der Waals surface area contributed by atoms with Gasteiger partial charge in [0.2, 0.25) is 0 Å². The molecule has 0 spiro atoms. The van der Waals surface area contributed by atoms with Crippen molar-refractivity contribution in [2.45, 2.75) is 133 Å². The summed E-state index contributed by atoms with van der Waals surface area (Å²) < 4.78 is 32.9. The molecule has 0 aromatic heterocycles. The Hall–Kier alpha value is -2.48. The molecule has 0 radical (unpaired) electrons. The minimum Gasteiger partial charge on any atom is -0.376 e. The normalized spacial score (nSPS) is 20.1. The minimum absolute atomic E-state index is 0.164. The predicted molar refractivity (Wildman–Crippen MR) is 175 cm³/mol. The zero-order valence-corrected chi connectivity index (χ0v) is 27.3. The van der Waals surface area contributed by atoms with E-state index in [1.165, 1.54) is 44.9 Å². The van der Waals surface area contributed by atoms with E-state index in [0.29, 0.717) is 13.0 Å². The van der Waals surface area contributed by atoms with Gasteiger partial charge in [0, 0.05) is 9.81 Å². The number of hydrogen-bond acceptors (Lipinski definition) is 5. The number of nitrogens with zero attached hydrogens (tertiary/aromatic N) is 3. The van der Waals surface area contributed by atoms with Crippen LogP contribution in [0.15, 0.2) is 76.8 Å². The molecule has 43 heavy (non-hydrogen) atoms. The van der Waals surface area contributed by atoms with Crippen LogP contribution >= 0.6 is 0 Å². The molecule has 1 aliphatic heterocycles. The quantitative estimate of drug-likeness (QED) is 0.0491. The zero-order valence-electron chi connectivity index (χ0n) is 26.5. The number of unbranched alkanes of at least 4 members (excludes halogenated alkanes) is 8. The lowest BCUT2D eigenvalue weighted by Gasteiger charge is -2.28. The Labute approximate surface area is 261 Å². The summed E-state index contributed by atoms with van der Waals surface area (Å²) in [6.07, 6.45) is 15.1. The Kier molecular flexibility index (Phi) is 15.5. The van der Waals surface area contributed by atoms with Crippen LogP contribution in [-0.4, -0.2) is 40.1 Å². The lowest BCUT2D eigenvalue weighted by atomic mass is 10.0. The van der Waals surface area contributed by atoms with Gasteiger partial charge in [-0.25, -0.2) is 0 Å². The minimum atomic E-state index is -1.38. The molecular weight excluding hydrogens is 558 g/mol. The fourth-order valence-corrected chi connectivity index (χ4v) is 6.96. The molecule has 0 amide bonds. The second-order valence-corrected chi connectivity index (χ2v) is 13.6. The van der Waals surface area contributed by atoms with Crippen molar-refractivity contribution in [1.29, 1.82) is 0 Å². The number of aryl methyl sites for hydroxylation is 1. The van der Waals surface area contributed by atoms with Gasteiger partial charge in [0.05, 0.1) is 41.4 Å². The molecule has 0 bridgehead atoms. The van der Waals surface area contributed by atoms with Crippen LogP contribution in [-0.2, 0) is 31.6 Å². The molecule has 2 aromatic carbocycles. The summed E-state index contributed by atoms with van der Waals surface area (Å²) in [6.45, 7) is 8.52. The topological polar surface area (TPSA) is 93.5 Å². The lowest BCUT2D eigenvalue weighted by Crippen LogP contribution is -2.44. The highest BCUT2D eigenvalue weighted by Gasteiger charge is 2.49. The number of allylic oxidation sites excluding steroid dienone is 2. The van der Waals surface area contributed by atoms with Crippen molar-refractivity contribution in [2.24, 2.45) is 5.11 Å². The largest absolute Gasteiger partial charge is 0.376 e. The van der Waals surface area contributed by atoms with Gasteiger partial charge in [-0.1, -0.05) is 117 Å². The monoisotopic (exact) mass is 609 g/mol. The van der Waals surface area contributed by atoms with E-state index in [9.17, 15) is 9.74 Å². The maximum absolute atomic E-state index is 14.1. The van der Waals surface area contributed by atoms with Crippen LogP contribution in [0, 0.1) is 6.92 Å². The number of hydrogen-bond donors (Lipinski definition) is 0. The molecule has 5 atom stereocenters. The molecule has 2 unspecified atom stereocenters. The molecule has 8 heteroatoms. The Morgan fingerprint density at radius 3 is 2.28 bits per heavy atom. The number of ether oxygens (including phenoxy) is 3. The molecule has 3 rings (SSSR count). The highest BCUT2D eigenvalue weighted by atomic mass is 32.2. The van der Waals surface area contributed by atoms with Crippen LogP contribution in [0.5, 0.6) is 0 Å². The van der Waals surface area contributed by atoms with Crippen molar-refractivity contribution in [3.8, 4) is 0 Å². The summed E-state index contributed by atoms with van der Waals surface area (Å²) in [5.74, 6) is -0.922. The average Bonchev–Trinajstić information content (AvgIpc) is 3.32. The van der Waals surface area contributed by atoms with Crippen molar-refractivity contribution in [3.63, 3.8) is 0 Å². The molecular formula is C35H51N3O4S. The number of benzene rings is 2. The highest BCUT2D eigenvalue weighted by molar-refractivity contribution is 7.85. The molecule has 1 saturated heterocycles. The molecule has 7 nitrogen and oxygen atoms in total. The van der Waals surface area contributed by atoms with Crippen LogP contribution in [0.1, 0.15) is 96.1 Å². The predicted octanol–water partition coefficient (Wildman–Crippen LogP) is 9.36. The Morgan fingerprint density at radius 1 is 0.953 bits per heavy atom. The Balaban J connectivity index is 1.71. The van der Waals surface area contributed by atoms with E-state index >= 15 is 0 Å². The third kappa shape index (κ3) is 12.2. The number of azide groups is 1. The van der Waals surface area contributed by atoms with Gasteiger partial charge in [-0.05, 0) is 63.3 Å². The smallest absolute Gasteiger partial charge is 0.163 e. The van der Waals surface area contributed by atoms with Crippen LogP contribution in [0.25, 0.3) is 10.4 Å². The second-order valence-electron chi connectivity index (χ2n) is 12.0. The van der Waals surface area contributed by atoms with Gasteiger partial charge >= 0.3 is 0 Å². The summed E-state index contributed by atoms with van der Waals surface area (Å²) >= 11 is 0. The maximum atomic E-state index is 14.1. The molecule has 0 aliphatic carbocycles. The summed E-state index contributed by atoms with van der Waals surface area (Å²) in [4.78, 5) is 3.86. The van der Waals surface area contributed by atoms with Gasteiger partial charge < -0.3 is 14.2 Å². The van der Waals surface area contributed by atoms with E-state index in [4.69, 9.17) is 14.2 Å². The maximum Gasteiger partial charge on any atom is 0.163 e. The van der Waals surface area contributed by atoms with Gasteiger partial charge in [-0.2, -0.15) is 0 Å². The van der Waals surface area contributed by atoms with Crippen molar-refractivity contribution in [3.05, 3.63) is 88.3 Å². The molecule has 2 aromatic rings. The van der Waals surface area contributed by atoms with E-state index in [1.807, 2.05) is 75.4 Å². The molecule has 1 aliphatic rings. The molecule has 0 saturated carbocycles. The van der Waals surface area contributed by atoms with Crippen molar-refractivity contribution < 1.29 is 18.4 Å². The van der Waals surface area contributed by atoms with E-state index in [2.05, 4.69) is 29.1 Å². The zero-order chi connectivity index (χ0) is 30.9. The van der Waals surface area contributed by atoms with Crippen LogP contribution in [0.2, 0.25) is 0 Å². The fourth-order valence-electron chi connectivity index (χ4n) is 5.47. The van der Waals surface area contributed by atoms with Gasteiger partial charge in [0.15, 0.2) is 5.79 Å². The third-order valence-corrected chi connectivity index (χ3v) is 9.54. The Bertz CT molecular complexity index is 1170. The van der Waals surface area contributed by atoms with Crippen molar-refractivity contribution in [1.82, 2.24) is 0 Å². The summed E-state index contributed by atoms with van der Waals surface area (Å²) in [5, 5.41) is 3.68. The first-order valence-electron chi connectivity index (χ1n) is 16.0. The highest BCUT2D eigenvalue weighted by Crippen LogP contribution is 2.37. The fraction of sp³-hybridized carbons (Fsp3) is 0.600. The van der Waals surface area contributed by atoms with Gasteiger partial charge in [-0.3, -0.25) is 4.21 Å². The van der Waals surface area contributed by atoms with Crippen molar-refractivity contribution >= 4 is 10.8 Å². The SMILES string of the molecule is CCCCCCCCCC/C=C/CC([C@H]1OC(C)(C)O[C@@H]1[C@@H](COCc1ccccc1)N=[N+]=[N-])S(=O)c1ccc(C)cc1. The van der Waals surface area contributed by atoms with Crippen LogP contribution in [0.3, 0.4) is 0 Å². The van der Waals surface area contributed by atoms with E-state index < -0.39 is 40.1 Å². The molecule has 1 fully saturated rings. The summed E-state index contributed by atoms with van der Waals surface area (Å²) in [7, 11) is -1.38. The number of rotatable bonds is 20. The van der Waals surface area contributed by atoms with Crippen molar-refractivity contribution in [2.75, 3.05) is 6.61 Å². The van der Waals surface area contributed by atoms with E-state index in [-0.39, 0.29) is 6.61 Å². The first-order chi connectivity index (χ1) is 20.8. The van der Waals surface area contributed by atoms with Gasteiger partial charge in [-0.15, -0.1) is 0 Å². The van der Waals surface area contributed by atoms with E-state index in [0.717, 1.165) is 28.9 Å².